The molecule has 3 aromatic rings. The van der Waals surface area contributed by atoms with Gasteiger partial charge >= 0.3 is 6.01 Å². The minimum atomic E-state index is 0.535. The molecule has 0 aliphatic carbocycles. The summed E-state index contributed by atoms with van der Waals surface area (Å²) in [6, 6.07) is 9.60. The normalized spacial score (nSPS) is 23.8. The van der Waals surface area contributed by atoms with Gasteiger partial charge in [0.15, 0.2) is 0 Å². The number of aromatic nitrogens is 3. The number of fused-ring (bicyclic) bond motifs is 5. The highest BCUT2D eigenvalue weighted by molar-refractivity contribution is 5.84. The fraction of sp³-hybridized carbons (Fsp3) is 0.444. The maximum atomic E-state index is 6.06. The molecule has 2 bridgehead atoms. The Balaban J connectivity index is 1.48. The third-order valence-electron chi connectivity index (χ3n) is 5.45. The highest BCUT2D eigenvalue weighted by atomic mass is 16.4. The van der Waals surface area contributed by atoms with Gasteiger partial charge in [0, 0.05) is 56.5 Å². The Hall–Kier alpha value is -2.34. The molecule has 6 heteroatoms. The lowest BCUT2D eigenvalue weighted by Gasteiger charge is -2.29. The van der Waals surface area contributed by atoms with E-state index in [4.69, 9.17) is 4.42 Å². The molecule has 3 fully saturated rings. The predicted molar refractivity (Wildman–Crippen MR) is 93.0 cm³/mol. The fourth-order valence-electron chi connectivity index (χ4n) is 3.98. The van der Waals surface area contributed by atoms with E-state index in [9.17, 15) is 0 Å². The summed E-state index contributed by atoms with van der Waals surface area (Å²) in [5.74, 6) is 0.604. The molecule has 0 saturated carbocycles. The molecule has 0 radical (unpaired) electrons. The standard InChI is InChI=1S/C18H21N5O/c1-21-7-4-13-2-3-14(12-16(13)21)17-19-20-18(24-17)23-11-10-22-8-5-15(23)6-9-22/h2-4,7,12,15H,5-6,8-11H2,1H3. The van der Waals surface area contributed by atoms with Gasteiger partial charge in [-0.2, -0.15) is 0 Å². The van der Waals surface area contributed by atoms with E-state index in [0.29, 0.717) is 17.9 Å². The van der Waals surface area contributed by atoms with E-state index in [1.165, 1.54) is 36.8 Å². The lowest BCUT2D eigenvalue weighted by molar-refractivity contribution is 0.249. The van der Waals surface area contributed by atoms with Crippen molar-refractivity contribution in [2.24, 2.45) is 7.05 Å². The van der Waals surface area contributed by atoms with Crippen molar-refractivity contribution < 1.29 is 4.42 Å². The van der Waals surface area contributed by atoms with E-state index < -0.39 is 0 Å². The summed E-state index contributed by atoms with van der Waals surface area (Å²) in [6.45, 7) is 4.44. The van der Waals surface area contributed by atoms with E-state index >= 15 is 0 Å². The average molecular weight is 323 g/mol. The second-order valence-corrected chi connectivity index (χ2v) is 6.86. The van der Waals surface area contributed by atoms with Crippen LogP contribution in [0.3, 0.4) is 0 Å². The Kier molecular flexibility index (Phi) is 3.13. The summed E-state index contributed by atoms with van der Waals surface area (Å²) in [5.41, 5.74) is 2.15. The van der Waals surface area contributed by atoms with E-state index in [0.717, 1.165) is 18.7 Å². The minimum Gasteiger partial charge on any atom is -0.403 e. The molecular formula is C18H21N5O. The molecule has 0 spiro atoms. The van der Waals surface area contributed by atoms with Gasteiger partial charge in [0.2, 0.25) is 5.89 Å². The summed E-state index contributed by atoms with van der Waals surface area (Å²) in [6.07, 6.45) is 4.44. The quantitative estimate of drug-likeness (QED) is 0.725. The van der Waals surface area contributed by atoms with Crippen LogP contribution in [0.5, 0.6) is 0 Å². The van der Waals surface area contributed by atoms with Crippen molar-refractivity contribution in [2.45, 2.75) is 18.9 Å². The van der Waals surface area contributed by atoms with E-state index in [-0.39, 0.29) is 0 Å². The zero-order valence-electron chi connectivity index (χ0n) is 13.9. The summed E-state index contributed by atoms with van der Waals surface area (Å²) in [5, 5.41) is 9.88. The van der Waals surface area contributed by atoms with Gasteiger partial charge in [-0.25, -0.2) is 0 Å². The lowest BCUT2D eigenvalue weighted by Crippen LogP contribution is -2.38. The molecule has 3 aliphatic rings. The number of benzene rings is 1. The second kappa shape index (κ2) is 5.34. The monoisotopic (exact) mass is 323 g/mol. The van der Waals surface area contributed by atoms with Gasteiger partial charge in [-0.05, 0) is 36.4 Å². The molecule has 24 heavy (non-hydrogen) atoms. The highest BCUT2D eigenvalue weighted by Crippen LogP contribution is 2.29. The SMILES string of the molecule is Cn1ccc2ccc(-c3nnc(N4CCN5CCC4CC5)o3)cc21. The first-order chi connectivity index (χ1) is 11.8. The fourth-order valence-corrected chi connectivity index (χ4v) is 3.98. The van der Waals surface area contributed by atoms with Crippen molar-refractivity contribution in [1.29, 1.82) is 0 Å². The van der Waals surface area contributed by atoms with Crippen LogP contribution < -0.4 is 4.90 Å². The van der Waals surface area contributed by atoms with E-state index in [1.807, 2.05) is 0 Å². The summed E-state index contributed by atoms with van der Waals surface area (Å²) >= 11 is 0. The first kappa shape index (κ1) is 14.0. The van der Waals surface area contributed by atoms with Crippen molar-refractivity contribution >= 4 is 16.9 Å². The van der Waals surface area contributed by atoms with Gasteiger partial charge in [-0.3, -0.25) is 0 Å². The van der Waals surface area contributed by atoms with E-state index in [2.05, 4.69) is 62.1 Å². The number of nitrogens with zero attached hydrogens (tertiary/aromatic N) is 5. The number of aryl methyl sites for hydroxylation is 1. The van der Waals surface area contributed by atoms with Gasteiger partial charge in [-0.15, -0.1) is 5.10 Å². The van der Waals surface area contributed by atoms with Crippen LogP contribution in [0.4, 0.5) is 6.01 Å². The Bertz CT molecular complexity index is 875. The third kappa shape index (κ3) is 2.21. The number of hydrogen-bond acceptors (Lipinski definition) is 5. The Morgan fingerprint density at radius 2 is 1.92 bits per heavy atom. The topological polar surface area (TPSA) is 50.3 Å². The number of anilines is 1. The zero-order valence-corrected chi connectivity index (χ0v) is 13.9. The molecule has 1 aromatic carbocycles. The first-order valence-electron chi connectivity index (χ1n) is 8.66. The number of rotatable bonds is 2. The number of piperidine rings is 1. The van der Waals surface area contributed by atoms with Crippen LogP contribution in [-0.4, -0.2) is 51.9 Å². The Morgan fingerprint density at radius 3 is 2.79 bits per heavy atom. The molecule has 2 aromatic heterocycles. The summed E-state index contributed by atoms with van der Waals surface area (Å²) in [7, 11) is 2.05. The molecule has 5 heterocycles. The molecule has 0 N–H and O–H groups in total. The van der Waals surface area contributed by atoms with Gasteiger partial charge in [-0.1, -0.05) is 11.2 Å². The molecule has 6 nitrogen and oxygen atoms in total. The molecule has 3 aliphatic heterocycles. The van der Waals surface area contributed by atoms with Crippen molar-refractivity contribution in [3.8, 4) is 11.5 Å². The van der Waals surface area contributed by atoms with Gasteiger partial charge in [0.1, 0.15) is 0 Å². The summed E-state index contributed by atoms with van der Waals surface area (Å²) < 4.78 is 8.17. The van der Waals surface area contributed by atoms with Crippen molar-refractivity contribution in [1.82, 2.24) is 19.7 Å². The smallest absolute Gasteiger partial charge is 0.318 e. The minimum absolute atomic E-state index is 0.535. The van der Waals surface area contributed by atoms with Crippen LogP contribution in [0, 0.1) is 0 Å². The highest BCUT2D eigenvalue weighted by Gasteiger charge is 2.31. The van der Waals surface area contributed by atoms with Gasteiger partial charge < -0.3 is 18.8 Å². The maximum Gasteiger partial charge on any atom is 0.318 e. The van der Waals surface area contributed by atoms with Crippen LogP contribution in [-0.2, 0) is 7.05 Å². The van der Waals surface area contributed by atoms with Crippen LogP contribution in [0.15, 0.2) is 34.9 Å². The van der Waals surface area contributed by atoms with Crippen molar-refractivity contribution in [3.05, 3.63) is 30.5 Å². The molecule has 0 atom stereocenters. The molecular weight excluding hydrogens is 302 g/mol. The maximum absolute atomic E-state index is 6.06. The van der Waals surface area contributed by atoms with Crippen LogP contribution in [0.1, 0.15) is 12.8 Å². The van der Waals surface area contributed by atoms with Gasteiger partial charge in [0.25, 0.3) is 0 Å². The molecule has 3 saturated heterocycles. The Morgan fingerprint density at radius 1 is 1.04 bits per heavy atom. The first-order valence-corrected chi connectivity index (χ1v) is 8.66. The van der Waals surface area contributed by atoms with Crippen LogP contribution in [0.2, 0.25) is 0 Å². The molecule has 6 rings (SSSR count). The number of hydrogen-bond donors (Lipinski definition) is 0. The van der Waals surface area contributed by atoms with Gasteiger partial charge in [0.05, 0.1) is 0 Å². The Labute approximate surface area is 140 Å². The third-order valence-corrected chi connectivity index (χ3v) is 5.45. The van der Waals surface area contributed by atoms with Crippen molar-refractivity contribution in [3.63, 3.8) is 0 Å². The molecule has 0 unspecified atom stereocenters. The average Bonchev–Trinajstić information content (AvgIpc) is 3.13. The summed E-state index contributed by atoms with van der Waals surface area (Å²) in [4.78, 5) is 4.83. The lowest BCUT2D eigenvalue weighted by atomic mass is 10.1. The second-order valence-electron chi connectivity index (χ2n) is 6.86. The van der Waals surface area contributed by atoms with Crippen LogP contribution >= 0.6 is 0 Å². The van der Waals surface area contributed by atoms with Crippen LogP contribution in [0.25, 0.3) is 22.4 Å². The predicted octanol–water partition coefficient (Wildman–Crippen LogP) is 2.51. The van der Waals surface area contributed by atoms with E-state index in [1.54, 1.807) is 0 Å². The zero-order chi connectivity index (χ0) is 16.1. The molecule has 124 valence electrons. The molecule has 0 amide bonds. The van der Waals surface area contributed by atoms with Crippen molar-refractivity contribution in [2.75, 3.05) is 31.1 Å². The largest absolute Gasteiger partial charge is 0.403 e.